The van der Waals surface area contributed by atoms with Crippen LogP contribution >= 0.6 is 11.6 Å². The van der Waals surface area contributed by atoms with Crippen molar-refractivity contribution in [2.75, 3.05) is 48.2 Å². The molecule has 1 aromatic heterocycles. The van der Waals surface area contributed by atoms with Crippen molar-refractivity contribution in [2.45, 2.75) is 109 Å². The average molecular weight is 817 g/mol. The van der Waals surface area contributed by atoms with Gasteiger partial charge in [0.05, 0.1) is 25.8 Å². The number of rotatable bonds is 17. The lowest BCUT2D eigenvalue weighted by atomic mass is 9.85. The van der Waals surface area contributed by atoms with Crippen molar-refractivity contribution in [1.29, 1.82) is 0 Å². The normalized spacial score (nSPS) is 26.8. The molecule has 0 radical (unpaired) electrons. The van der Waals surface area contributed by atoms with Crippen LogP contribution < -0.4 is 20.1 Å². The summed E-state index contributed by atoms with van der Waals surface area (Å²) in [7, 11) is 5.91. The molecular formula is C41H57ClN4O11. The van der Waals surface area contributed by atoms with Crippen LogP contribution in [0.3, 0.4) is 0 Å². The third-order valence-corrected chi connectivity index (χ3v) is 12.2. The number of carbonyl (C=O) groups excluding carboxylic acids is 4. The summed E-state index contributed by atoms with van der Waals surface area (Å²) in [4.78, 5) is 61.6. The molecule has 1 aromatic carbocycles. The smallest absolute Gasteiger partial charge is 0.408 e. The van der Waals surface area contributed by atoms with E-state index < -0.39 is 59.3 Å². The van der Waals surface area contributed by atoms with Crippen LogP contribution in [0.5, 0.6) is 11.5 Å². The van der Waals surface area contributed by atoms with Gasteiger partial charge in [-0.3, -0.25) is 14.6 Å². The Bertz CT molecular complexity index is 1810. The predicted octanol–water partition coefficient (Wildman–Crippen LogP) is 4.82. The number of likely N-dealkylation sites (tertiary alicyclic amines) is 1. The van der Waals surface area contributed by atoms with Crippen LogP contribution in [0.4, 0.5) is 4.79 Å². The number of hydrogen-bond donors (Lipinski definition) is 2. The molecule has 15 nitrogen and oxygen atoms in total. The molecule has 1 unspecified atom stereocenters. The number of amides is 3. The molecule has 0 bridgehead atoms. The lowest BCUT2D eigenvalue weighted by Crippen LogP contribution is -2.59. The highest BCUT2D eigenvalue weighted by atomic mass is 35.5. The van der Waals surface area contributed by atoms with Crippen LogP contribution in [-0.4, -0.2) is 118 Å². The number of methoxy groups -OCH3 is 4. The fourth-order valence-electron chi connectivity index (χ4n) is 8.38. The Morgan fingerprint density at radius 3 is 2.33 bits per heavy atom. The summed E-state index contributed by atoms with van der Waals surface area (Å²) in [6.07, 6.45) is 2.34. The molecule has 314 valence electrons. The first-order valence-electron chi connectivity index (χ1n) is 19.8. The van der Waals surface area contributed by atoms with Crippen LogP contribution in [-0.2, 0) is 44.5 Å². The first-order valence-corrected chi connectivity index (χ1v) is 20.2. The topological polar surface area (TPSA) is 173 Å². The van der Waals surface area contributed by atoms with Crippen LogP contribution in [0, 0.1) is 23.2 Å². The number of hydrogen-bond acceptors (Lipinski definition) is 12. The van der Waals surface area contributed by atoms with E-state index in [1.54, 1.807) is 25.3 Å². The molecule has 4 aliphatic rings. The zero-order valence-electron chi connectivity index (χ0n) is 34.2. The van der Waals surface area contributed by atoms with E-state index in [2.05, 4.69) is 10.6 Å². The summed E-state index contributed by atoms with van der Waals surface area (Å²) in [5, 5.41) is 6.65. The van der Waals surface area contributed by atoms with Gasteiger partial charge in [-0.05, 0) is 61.0 Å². The molecule has 16 heteroatoms. The molecule has 3 saturated carbocycles. The van der Waals surface area contributed by atoms with E-state index in [-0.39, 0.29) is 36.6 Å². The number of alkyl carbamates (subject to hydrolysis) is 1. The lowest BCUT2D eigenvalue weighted by Gasteiger charge is -2.35. The molecule has 3 aliphatic carbocycles. The number of benzene rings is 1. The first kappa shape index (κ1) is 42.7. The third kappa shape index (κ3) is 9.37. The third-order valence-electron chi connectivity index (χ3n) is 11.8. The van der Waals surface area contributed by atoms with Crippen molar-refractivity contribution >= 4 is 46.4 Å². The number of nitrogens with zero attached hydrogens (tertiary/aromatic N) is 2. The van der Waals surface area contributed by atoms with Crippen molar-refractivity contribution in [3.05, 3.63) is 28.9 Å². The van der Waals surface area contributed by atoms with Gasteiger partial charge in [0, 0.05) is 51.3 Å². The Morgan fingerprint density at radius 1 is 1.00 bits per heavy atom. The summed E-state index contributed by atoms with van der Waals surface area (Å²) >= 11 is 6.90. The maximum absolute atomic E-state index is 14.7. The molecule has 1 aliphatic heterocycles. The molecular weight excluding hydrogens is 760 g/mol. The quantitative estimate of drug-likeness (QED) is 0.165. The van der Waals surface area contributed by atoms with Crippen molar-refractivity contribution < 1.29 is 52.3 Å². The number of halogens is 1. The number of carbonyl (C=O) groups is 4. The fraction of sp³-hybridized carbons (Fsp3) is 0.683. The standard InChI is InChI=1S/C41H57ClN4O11/c1-9-24-19-41(24,38(49)54-8)45-36(47)29-18-27(20-46(29)37(48)35(40(2,3)4)44-39(50)57-26-15-22-14-23(22)16-26)56-31-17-25(12-13-51-5)43-34-28(31)10-11-30(33(34)42)55-21-32(52-6)53-7/h10-11,17,22-24,26-27,29,32,35H,9,12-16,18-21H2,1-8H3,(H,44,50)(H,45,47)/t22-,23+,24-,26?,27-,29+,35-,41-/m1/s1. The lowest BCUT2D eigenvalue weighted by molar-refractivity contribution is -0.148. The molecule has 6 rings (SSSR count). The highest BCUT2D eigenvalue weighted by molar-refractivity contribution is 6.36. The van der Waals surface area contributed by atoms with Gasteiger partial charge in [0.25, 0.3) is 0 Å². The SMILES string of the molecule is CC[C@@H]1C[C@]1(NC(=O)[C@@H]1C[C@@H](Oc2cc(CCOC)nc3c(Cl)c(OCC(OC)OC)ccc23)CN1C(=O)[C@@H](NC(=O)OC1C[C@@H]2C[C@@H]2C1)C(C)(C)C)C(=O)OC. The number of fused-ring (bicyclic) bond motifs is 2. The van der Waals surface area contributed by atoms with Crippen LogP contribution in [0.15, 0.2) is 18.2 Å². The second-order valence-corrected chi connectivity index (χ2v) is 17.2. The van der Waals surface area contributed by atoms with Crippen molar-refractivity contribution in [2.24, 2.45) is 23.2 Å². The zero-order chi connectivity index (χ0) is 41.2. The van der Waals surface area contributed by atoms with Gasteiger partial charge < -0.3 is 48.7 Å². The minimum atomic E-state index is -1.18. The van der Waals surface area contributed by atoms with E-state index in [0.717, 1.165) is 12.8 Å². The van der Waals surface area contributed by atoms with Crippen molar-refractivity contribution in [3.63, 3.8) is 0 Å². The molecule has 1 saturated heterocycles. The molecule has 3 amide bonds. The number of aromatic nitrogens is 1. The van der Waals surface area contributed by atoms with Crippen LogP contribution in [0.2, 0.25) is 5.02 Å². The summed E-state index contributed by atoms with van der Waals surface area (Å²) in [6.45, 7) is 7.96. The fourth-order valence-corrected chi connectivity index (χ4v) is 8.64. The monoisotopic (exact) mass is 816 g/mol. The molecule has 2 heterocycles. The summed E-state index contributed by atoms with van der Waals surface area (Å²) in [6, 6.07) is 3.22. The van der Waals surface area contributed by atoms with E-state index in [1.807, 2.05) is 27.7 Å². The Hall–Kier alpha value is -3.92. The Labute approximate surface area is 339 Å². The molecule has 0 spiro atoms. The second-order valence-electron chi connectivity index (χ2n) is 16.8. The van der Waals surface area contributed by atoms with E-state index in [0.29, 0.717) is 65.8 Å². The number of ether oxygens (including phenoxy) is 7. The molecule has 2 aromatic rings. The summed E-state index contributed by atoms with van der Waals surface area (Å²) in [5.74, 6) is 0.425. The van der Waals surface area contributed by atoms with Gasteiger partial charge in [-0.1, -0.05) is 45.7 Å². The van der Waals surface area contributed by atoms with E-state index in [4.69, 9.17) is 49.7 Å². The summed E-state index contributed by atoms with van der Waals surface area (Å²) in [5.41, 5.74) is -0.869. The Kier molecular flexibility index (Phi) is 13.1. The van der Waals surface area contributed by atoms with Gasteiger partial charge in [-0.15, -0.1) is 0 Å². The highest BCUT2D eigenvalue weighted by Crippen LogP contribution is 2.52. The molecule has 8 atom stereocenters. The van der Waals surface area contributed by atoms with E-state index in [1.165, 1.54) is 32.7 Å². The minimum absolute atomic E-state index is 0.0101. The molecule has 57 heavy (non-hydrogen) atoms. The van der Waals surface area contributed by atoms with Gasteiger partial charge in [0.1, 0.15) is 53.0 Å². The Balaban J connectivity index is 1.29. The van der Waals surface area contributed by atoms with Crippen molar-refractivity contribution in [3.8, 4) is 11.5 Å². The van der Waals surface area contributed by atoms with Gasteiger partial charge in [0.15, 0.2) is 6.29 Å². The average Bonchev–Trinajstić information content (AvgIpc) is 3.99. The van der Waals surface area contributed by atoms with Gasteiger partial charge in [-0.25, -0.2) is 9.59 Å². The van der Waals surface area contributed by atoms with Gasteiger partial charge >= 0.3 is 12.1 Å². The van der Waals surface area contributed by atoms with Crippen molar-refractivity contribution in [1.82, 2.24) is 20.5 Å². The van der Waals surface area contributed by atoms with Gasteiger partial charge in [0.2, 0.25) is 11.8 Å². The number of esters is 1. The maximum Gasteiger partial charge on any atom is 0.408 e. The van der Waals surface area contributed by atoms with Crippen LogP contribution in [0.25, 0.3) is 10.9 Å². The minimum Gasteiger partial charge on any atom is -0.488 e. The zero-order valence-corrected chi connectivity index (χ0v) is 34.9. The Morgan fingerprint density at radius 2 is 1.72 bits per heavy atom. The largest absolute Gasteiger partial charge is 0.488 e. The number of nitrogens with one attached hydrogen (secondary N) is 2. The molecule has 4 fully saturated rings. The van der Waals surface area contributed by atoms with E-state index >= 15 is 0 Å². The molecule has 2 N–H and O–H groups in total. The van der Waals surface area contributed by atoms with Crippen LogP contribution in [0.1, 0.15) is 71.9 Å². The second kappa shape index (κ2) is 17.5. The summed E-state index contributed by atoms with van der Waals surface area (Å²) < 4.78 is 39.4. The maximum atomic E-state index is 14.7. The van der Waals surface area contributed by atoms with Gasteiger partial charge in [-0.2, -0.15) is 0 Å². The first-order chi connectivity index (χ1) is 27.2. The highest BCUT2D eigenvalue weighted by Gasteiger charge is 2.62. The predicted molar refractivity (Wildman–Crippen MR) is 209 cm³/mol. The van der Waals surface area contributed by atoms with E-state index in [9.17, 15) is 19.2 Å². The number of pyridine rings is 1.